The van der Waals surface area contributed by atoms with Gasteiger partial charge in [0.25, 0.3) is 0 Å². The quantitative estimate of drug-likeness (QED) is 0.603. The topological polar surface area (TPSA) is 25.8 Å². The van der Waals surface area contributed by atoms with E-state index in [2.05, 4.69) is 23.2 Å². The second-order valence-corrected chi connectivity index (χ2v) is 2.29. The van der Waals surface area contributed by atoms with Crippen molar-refractivity contribution in [1.29, 1.82) is 0 Å². The second-order valence-electron chi connectivity index (χ2n) is 1.69. The van der Waals surface area contributed by atoms with E-state index in [0.29, 0.717) is 0 Å². The minimum Gasteiger partial charge on any atom is -0.228 e. The van der Waals surface area contributed by atoms with Crippen molar-refractivity contribution in [3.63, 3.8) is 0 Å². The van der Waals surface area contributed by atoms with Crippen LogP contribution < -0.4 is 0 Å². The first-order valence-corrected chi connectivity index (χ1v) is 4.87. The van der Waals surface area contributed by atoms with Gasteiger partial charge in [0.1, 0.15) is 11.3 Å². The third kappa shape index (κ3) is 12.7. The van der Waals surface area contributed by atoms with Gasteiger partial charge in [0, 0.05) is 0 Å². The molecule has 0 aliphatic rings. The summed E-state index contributed by atoms with van der Waals surface area (Å²) in [4.78, 5) is 3.82. The van der Waals surface area contributed by atoms with Crippen LogP contribution in [-0.4, -0.2) is 9.36 Å². The summed E-state index contributed by atoms with van der Waals surface area (Å²) in [5.41, 5.74) is 1.72. The molecule has 0 spiro atoms. The standard InChI is InChI=1S/C3H4N2S.C3H8.C2H6/c1-3-4-2-6-5-3;1-3-2;1-2/h2H,1H3;3H2,1-2H3;1-2H3. The maximum atomic E-state index is 3.85. The zero-order chi connectivity index (χ0) is 9.11. The van der Waals surface area contributed by atoms with Gasteiger partial charge in [-0.2, -0.15) is 4.37 Å². The van der Waals surface area contributed by atoms with Crippen LogP contribution in [0.25, 0.3) is 0 Å². The first-order valence-electron chi connectivity index (χ1n) is 4.04. The van der Waals surface area contributed by atoms with Crippen molar-refractivity contribution < 1.29 is 0 Å². The Balaban J connectivity index is 0. The van der Waals surface area contributed by atoms with Crippen molar-refractivity contribution in [3.05, 3.63) is 11.3 Å². The van der Waals surface area contributed by atoms with Gasteiger partial charge < -0.3 is 0 Å². The third-order valence-corrected chi connectivity index (χ3v) is 1.04. The molecule has 0 aromatic carbocycles. The van der Waals surface area contributed by atoms with Gasteiger partial charge in [0.05, 0.1) is 0 Å². The summed E-state index contributed by atoms with van der Waals surface area (Å²) in [5.74, 6) is 0.861. The summed E-state index contributed by atoms with van der Waals surface area (Å²) in [6, 6.07) is 0. The summed E-state index contributed by atoms with van der Waals surface area (Å²) >= 11 is 1.38. The zero-order valence-electron chi connectivity index (χ0n) is 8.09. The monoisotopic (exact) mass is 174 g/mol. The Labute approximate surface area is 73.9 Å². The summed E-state index contributed by atoms with van der Waals surface area (Å²) in [6.45, 7) is 10.1. The molecule has 0 radical (unpaired) electrons. The Morgan fingerprint density at radius 1 is 1.36 bits per heavy atom. The predicted molar refractivity (Wildman–Crippen MR) is 52.0 cm³/mol. The van der Waals surface area contributed by atoms with Gasteiger partial charge in [-0.25, -0.2) is 4.98 Å². The molecule has 0 bridgehead atoms. The van der Waals surface area contributed by atoms with Crippen LogP contribution in [0.1, 0.15) is 39.9 Å². The SMILES string of the molecule is CC.CCC.Cc1ncsn1. The molecule has 2 nitrogen and oxygen atoms in total. The first-order chi connectivity index (χ1) is 5.31. The van der Waals surface area contributed by atoms with Crippen LogP contribution in [0, 0.1) is 6.92 Å². The highest BCUT2D eigenvalue weighted by molar-refractivity contribution is 7.03. The lowest BCUT2D eigenvalue weighted by atomic mass is 10.6. The predicted octanol–water partition coefficient (Wildman–Crippen LogP) is 3.29. The van der Waals surface area contributed by atoms with Gasteiger partial charge in [0.15, 0.2) is 0 Å². The highest BCUT2D eigenvalue weighted by Crippen LogP contribution is 1.87. The fourth-order valence-electron chi connectivity index (χ4n) is 0.223. The van der Waals surface area contributed by atoms with E-state index in [1.165, 1.54) is 18.0 Å². The summed E-state index contributed by atoms with van der Waals surface area (Å²) in [6.07, 6.45) is 1.25. The van der Waals surface area contributed by atoms with Crippen molar-refractivity contribution in [2.45, 2.75) is 41.0 Å². The fraction of sp³-hybridized carbons (Fsp3) is 0.750. The number of rotatable bonds is 0. The second kappa shape index (κ2) is 12.3. The molecule has 0 saturated carbocycles. The largest absolute Gasteiger partial charge is 0.228 e. The van der Waals surface area contributed by atoms with Crippen LogP contribution >= 0.6 is 11.5 Å². The lowest BCUT2D eigenvalue weighted by molar-refractivity contribution is 1.09. The number of nitrogens with zero attached hydrogens (tertiary/aromatic N) is 2. The molecule has 1 rings (SSSR count). The minimum absolute atomic E-state index is 0.861. The normalized spacial score (nSPS) is 7.00. The number of hydrogen-bond donors (Lipinski definition) is 0. The van der Waals surface area contributed by atoms with Crippen LogP contribution in [0.2, 0.25) is 0 Å². The van der Waals surface area contributed by atoms with Gasteiger partial charge in [-0.1, -0.05) is 34.1 Å². The van der Waals surface area contributed by atoms with E-state index in [1.54, 1.807) is 5.51 Å². The Morgan fingerprint density at radius 2 is 1.82 bits per heavy atom. The molecule has 0 aliphatic carbocycles. The molecule has 66 valence electrons. The molecule has 0 atom stereocenters. The maximum absolute atomic E-state index is 3.85. The number of aromatic nitrogens is 2. The van der Waals surface area contributed by atoms with Crippen molar-refractivity contribution in [2.75, 3.05) is 0 Å². The van der Waals surface area contributed by atoms with E-state index in [0.717, 1.165) is 5.82 Å². The lowest BCUT2D eigenvalue weighted by Crippen LogP contribution is -1.66. The first kappa shape index (κ1) is 13.2. The van der Waals surface area contributed by atoms with Gasteiger partial charge in [-0.15, -0.1) is 0 Å². The van der Waals surface area contributed by atoms with Crippen molar-refractivity contribution in [1.82, 2.24) is 9.36 Å². The number of aryl methyl sites for hydroxylation is 1. The molecular weight excluding hydrogens is 156 g/mol. The molecular formula is C8H18N2S. The molecule has 0 fully saturated rings. The highest BCUT2D eigenvalue weighted by Gasteiger charge is 1.77. The molecule has 0 unspecified atom stereocenters. The van der Waals surface area contributed by atoms with Gasteiger partial charge in [-0.05, 0) is 18.5 Å². The molecule has 11 heavy (non-hydrogen) atoms. The molecule has 1 aromatic rings. The summed E-state index contributed by atoms with van der Waals surface area (Å²) < 4.78 is 3.85. The molecule has 0 amide bonds. The van der Waals surface area contributed by atoms with Crippen LogP contribution in [-0.2, 0) is 0 Å². The zero-order valence-corrected chi connectivity index (χ0v) is 8.90. The van der Waals surface area contributed by atoms with Gasteiger partial charge in [-0.3, -0.25) is 0 Å². The Bertz CT molecular complexity index is 127. The Kier molecular flexibility index (Phi) is 14.7. The molecule has 0 aliphatic heterocycles. The smallest absolute Gasteiger partial charge is 0.139 e. The molecule has 3 heteroatoms. The van der Waals surface area contributed by atoms with Crippen molar-refractivity contribution in [3.8, 4) is 0 Å². The Hall–Kier alpha value is -0.440. The summed E-state index contributed by atoms with van der Waals surface area (Å²) in [5, 5.41) is 0. The van der Waals surface area contributed by atoms with Crippen molar-refractivity contribution >= 4 is 11.5 Å². The van der Waals surface area contributed by atoms with E-state index in [4.69, 9.17) is 0 Å². The lowest BCUT2D eigenvalue weighted by Gasteiger charge is -1.63. The summed E-state index contributed by atoms with van der Waals surface area (Å²) in [7, 11) is 0. The molecule has 0 saturated heterocycles. The van der Waals surface area contributed by atoms with E-state index in [1.807, 2.05) is 20.8 Å². The minimum atomic E-state index is 0.861. The van der Waals surface area contributed by atoms with E-state index >= 15 is 0 Å². The van der Waals surface area contributed by atoms with E-state index in [9.17, 15) is 0 Å². The van der Waals surface area contributed by atoms with Crippen LogP contribution in [0.5, 0.6) is 0 Å². The third-order valence-electron chi connectivity index (χ3n) is 0.471. The van der Waals surface area contributed by atoms with E-state index in [-0.39, 0.29) is 0 Å². The van der Waals surface area contributed by atoms with Gasteiger partial charge in [0.2, 0.25) is 0 Å². The van der Waals surface area contributed by atoms with E-state index < -0.39 is 0 Å². The highest BCUT2D eigenvalue weighted by atomic mass is 32.1. The van der Waals surface area contributed by atoms with Crippen molar-refractivity contribution in [2.24, 2.45) is 0 Å². The van der Waals surface area contributed by atoms with Gasteiger partial charge >= 0.3 is 0 Å². The molecule has 0 N–H and O–H groups in total. The maximum Gasteiger partial charge on any atom is 0.139 e. The van der Waals surface area contributed by atoms with Crippen LogP contribution in [0.4, 0.5) is 0 Å². The molecule has 1 heterocycles. The average molecular weight is 174 g/mol. The molecule has 1 aromatic heterocycles. The Morgan fingerprint density at radius 3 is 1.91 bits per heavy atom. The van der Waals surface area contributed by atoms with Crippen LogP contribution in [0.15, 0.2) is 5.51 Å². The van der Waals surface area contributed by atoms with Crippen LogP contribution in [0.3, 0.4) is 0 Å². The fourth-order valence-corrected chi connectivity index (χ4v) is 0.670. The number of hydrogen-bond acceptors (Lipinski definition) is 3. The average Bonchev–Trinajstić information content (AvgIpc) is 2.46.